The molecule has 6 aliphatic rings. The molecule has 15 rings (SSSR count). The minimum absolute atomic E-state index is 0.0223. The first-order valence-electron chi connectivity index (χ1n) is 37.3. The number of hydrogen-bond donors (Lipinski definition) is 0. The van der Waals surface area contributed by atoms with E-state index in [1.165, 1.54) is 79.3 Å². The summed E-state index contributed by atoms with van der Waals surface area (Å²) < 4.78 is 4.17. The zero-order valence-electron chi connectivity index (χ0n) is 64.6. The van der Waals surface area contributed by atoms with Crippen LogP contribution >= 0.6 is 12.2 Å². The number of rotatable bonds is 17. The molecule has 23 heteroatoms. The van der Waals surface area contributed by atoms with Crippen LogP contribution in [0.5, 0.6) is 0 Å². The van der Waals surface area contributed by atoms with Gasteiger partial charge in [-0.1, -0.05) is 203 Å². The van der Waals surface area contributed by atoms with Gasteiger partial charge in [0.05, 0.1) is 42.6 Å². The third kappa shape index (κ3) is 22.8. The molecule has 2 fully saturated rings. The quantitative estimate of drug-likeness (QED) is 0.0466. The number of imide groups is 5. The second-order valence-electron chi connectivity index (χ2n) is 28.3. The number of amides is 10. The summed E-state index contributed by atoms with van der Waals surface area (Å²) in [6.07, 6.45) is 13.1. The fourth-order valence-corrected chi connectivity index (χ4v) is 13.2. The Morgan fingerprint density at radius 1 is 0.386 bits per heavy atom. The summed E-state index contributed by atoms with van der Waals surface area (Å²) in [5, 5.41) is 1.26. The molecule has 0 bridgehead atoms. The highest BCUT2D eigenvalue weighted by Gasteiger charge is 2.34. The molecule has 2 saturated heterocycles. The molecular formula is C91H88N8O14S. The van der Waals surface area contributed by atoms with Crippen LogP contribution in [0.25, 0.3) is 10.9 Å². The molecule has 8 aromatic carbocycles. The smallest absolute Gasteiger partial charge is 0.325 e. The van der Waals surface area contributed by atoms with Gasteiger partial charge < -0.3 is 14.3 Å². The average molecular weight is 1550 g/mol. The number of piperidine rings is 1. The van der Waals surface area contributed by atoms with Crippen molar-refractivity contribution in [3.05, 3.63) is 336 Å². The summed E-state index contributed by atoms with van der Waals surface area (Å²) in [7, 11) is 1.91. The molecule has 0 unspecified atom stereocenters. The lowest BCUT2D eigenvalue weighted by Crippen LogP contribution is -2.39. The first-order valence-corrected chi connectivity index (χ1v) is 37.7. The van der Waals surface area contributed by atoms with Gasteiger partial charge in [-0.3, -0.25) is 81.7 Å². The minimum Gasteiger partial charge on any atom is -0.325 e. The van der Waals surface area contributed by atoms with Gasteiger partial charge in [0.15, 0.2) is 10.6 Å². The van der Waals surface area contributed by atoms with Gasteiger partial charge in [0.25, 0.3) is 64.6 Å². The van der Waals surface area contributed by atoms with Crippen LogP contribution in [0.3, 0.4) is 0 Å². The summed E-state index contributed by atoms with van der Waals surface area (Å²) in [4.78, 5) is 163. The Bertz CT molecular complexity index is 5150. The Hall–Kier alpha value is -13.1. The maximum atomic E-state index is 13.0. The second kappa shape index (κ2) is 39.2. The van der Waals surface area contributed by atoms with Gasteiger partial charge in [-0.15, -0.1) is 5.06 Å². The molecule has 0 N–H and O–H groups in total. The Morgan fingerprint density at radius 2 is 0.754 bits per heavy atom. The van der Waals surface area contributed by atoms with Crippen molar-refractivity contribution in [3.63, 3.8) is 0 Å². The number of carbonyl (C=O) groups is 12. The predicted molar refractivity (Wildman–Crippen MR) is 433 cm³/mol. The molecule has 9 aromatic rings. The molecule has 7 heterocycles. The topological polar surface area (TPSA) is 260 Å². The highest BCUT2D eigenvalue weighted by atomic mass is 32.1. The maximum absolute atomic E-state index is 13.0. The average Bonchev–Trinajstić information content (AvgIpc) is 1.00. The number of carbonyl (C=O) groups excluding carboxylic acids is 12. The molecule has 22 nitrogen and oxygen atoms in total. The van der Waals surface area contributed by atoms with Crippen LogP contribution in [-0.2, 0) is 99.0 Å². The number of fused-ring (bicyclic) bond motifs is 1. The van der Waals surface area contributed by atoms with E-state index in [4.69, 9.17) is 17.1 Å². The highest BCUT2D eigenvalue weighted by Crippen LogP contribution is 2.24. The van der Waals surface area contributed by atoms with Gasteiger partial charge in [-0.05, 0) is 144 Å². The van der Waals surface area contributed by atoms with E-state index in [2.05, 4.69) is 29.2 Å². The van der Waals surface area contributed by atoms with Crippen molar-refractivity contribution in [2.75, 3.05) is 19.6 Å². The zero-order chi connectivity index (χ0) is 81.7. The minimum atomic E-state index is -0.708. The van der Waals surface area contributed by atoms with E-state index in [0.29, 0.717) is 53.5 Å². The van der Waals surface area contributed by atoms with Gasteiger partial charge >= 0.3 is 5.97 Å². The Kier molecular flexibility index (Phi) is 28.6. The highest BCUT2D eigenvalue weighted by molar-refractivity contribution is 7.71. The van der Waals surface area contributed by atoms with Gasteiger partial charge in [0.1, 0.15) is 0 Å². The van der Waals surface area contributed by atoms with E-state index in [0.717, 1.165) is 106 Å². The zero-order valence-corrected chi connectivity index (χ0v) is 65.4. The number of Topliss-reactive ketones (excluding diaryl/α,β-unsaturated/α-hetero) is 1. The van der Waals surface area contributed by atoms with Crippen molar-refractivity contribution in [2.24, 2.45) is 13.0 Å². The molecule has 0 spiro atoms. The number of hydroxylamine groups is 2. The van der Waals surface area contributed by atoms with Crippen LogP contribution < -0.4 is 5.56 Å². The van der Waals surface area contributed by atoms with Crippen molar-refractivity contribution < 1.29 is 62.4 Å². The van der Waals surface area contributed by atoms with Crippen molar-refractivity contribution in [1.82, 2.24) is 38.7 Å². The number of likely N-dealkylation sites (tertiary alicyclic amines) is 1. The van der Waals surface area contributed by atoms with Crippen LogP contribution in [0.15, 0.2) is 248 Å². The van der Waals surface area contributed by atoms with Crippen LogP contribution in [-0.4, -0.2) is 129 Å². The lowest BCUT2D eigenvalue weighted by atomic mass is 9.89. The van der Waals surface area contributed by atoms with Gasteiger partial charge in [-0.2, -0.15) is 0 Å². The number of hydrogen-bond acceptors (Lipinski definition) is 16. The number of aryl methyl sites for hydroxylation is 7. The van der Waals surface area contributed by atoms with E-state index < -0.39 is 17.8 Å². The van der Waals surface area contributed by atoms with Crippen LogP contribution in [0.1, 0.15) is 113 Å². The first kappa shape index (κ1) is 83.4. The number of aromatic nitrogens is 2. The normalized spacial score (nSPS) is 15.0. The summed E-state index contributed by atoms with van der Waals surface area (Å²) in [5.74, 6) is -3.22. The second-order valence-corrected chi connectivity index (χ2v) is 28.7. The van der Waals surface area contributed by atoms with Crippen molar-refractivity contribution in [1.29, 1.82) is 0 Å². The SMILES string of the molecule is Cc1ccc(CN2C(=O)C=CC2=O)cc1.Cc1ccc(CN2C(=O)C=CC2=O)cc1.Cc1ccc(Cc2ccc(C(=O)ON3C(=O)CCC3=O)cc2)cc1.Cc1ccc2c(c1)c(=O)n(CCN1CCC(C(=O)c3ccccc3)CC1)c(=S)n2C.Cc1cccc(CN2C(=O)C=CC2=O)c1.Cc1cccc(CN2C(=O)C=CC2=O)c1. The van der Waals surface area contributed by atoms with E-state index in [-0.39, 0.29) is 77.4 Å². The Labute approximate surface area is 666 Å². The van der Waals surface area contributed by atoms with Crippen LogP contribution in [0.4, 0.5) is 0 Å². The van der Waals surface area contributed by atoms with E-state index in [9.17, 15) is 62.3 Å². The number of ketones is 1. The lowest BCUT2D eigenvalue weighted by molar-refractivity contribution is -0.172. The molecule has 114 heavy (non-hydrogen) atoms. The molecular weight excluding hydrogens is 1460 g/mol. The Balaban J connectivity index is 0.000000149. The van der Waals surface area contributed by atoms with Crippen molar-refractivity contribution in [2.45, 2.75) is 106 Å². The molecule has 10 amide bonds. The summed E-state index contributed by atoms with van der Waals surface area (Å²) in [5.41, 5.74) is 14.9. The molecule has 1 aromatic heterocycles. The van der Waals surface area contributed by atoms with E-state index in [1.807, 2.05) is 211 Å². The molecule has 0 atom stereocenters. The fourth-order valence-electron chi connectivity index (χ4n) is 12.9. The summed E-state index contributed by atoms with van der Waals surface area (Å²) in [6, 6.07) is 61.8. The fraction of sp³-hybridized carbons (Fsp3) is 0.231. The van der Waals surface area contributed by atoms with Gasteiger partial charge in [-0.25, -0.2) is 4.79 Å². The summed E-state index contributed by atoms with van der Waals surface area (Å²) >= 11 is 5.58. The lowest BCUT2D eigenvalue weighted by Gasteiger charge is -2.31. The van der Waals surface area contributed by atoms with E-state index >= 15 is 0 Å². The first-order chi connectivity index (χ1) is 54.6. The third-order valence-electron chi connectivity index (χ3n) is 19.4. The van der Waals surface area contributed by atoms with Crippen molar-refractivity contribution >= 4 is 93.9 Å². The summed E-state index contributed by atoms with van der Waals surface area (Å²) in [6.45, 7) is 16.5. The Morgan fingerprint density at radius 3 is 1.16 bits per heavy atom. The monoisotopic (exact) mass is 1550 g/mol. The van der Waals surface area contributed by atoms with Crippen molar-refractivity contribution in [3.8, 4) is 0 Å². The standard InChI is InChI=1S/C24H27N3O2S.C19H17NO4.4C12H11NO2/c1-17-8-9-21-20(16-17)23(29)27(24(30)25(21)2)15-14-26-12-10-19(11-13-26)22(28)18-6-4-3-5-7-18;1-13-2-4-14(5-3-13)12-15-6-8-16(9-7-15)19(23)24-20-17(21)10-11-18(20)22;2*1-9-2-4-10(5-3-9)8-13-11(14)6-7-12(13)15;2*1-9-3-2-4-10(7-9)8-13-11(14)5-6-12(13)15/h3-9,16,19H,10-15H2,1-2H3;2-9H,10-12H2,1H3;4*2-7H,8H2,1H3. The third-order valence-corrected chi connectivity index (χ3v) is 19.9. The van der Waals surface area contributed by atoms with E-state index in [1.54, 1.807) is 16.7 Å². The van der Waals surface area contributed by atoms with Crippen LogP contribution in [0.2, 0.25) is 0 Å². The molecule has 0 aliphatic carbocycles. The molecule has 582 valence electrons. The number of benzene rings is 8. The van der Waals surface area contributed by atoms with Crippen LogP contribution in [0, 0.1) is 52.2 Å². The van der Waals surface area contributed by atoms with Gasteiger partial charge in [0.2, 0.25) is 0 Å². The van der Waals surface area contributed by atoms with Gasteiger partial charge in [0, 0.05) is 93.1 Å². The molecule has 6 aliphatic heterocycles. The largest absolute Gasteiger partial charge is 0.363 e. The predicted octanol–water partition coefficient (Wildman–Crippen LogP) is 12.5. The molecule has 0 saturated carbocycles. The number of nitrogens with zero attached hydrogens (tertiary/aromatic N) is 8. The molecule has 0 radical (unpaired) electrons. The maximum Gasteiger partial charge on any atom is 0.363 e.